The van der Waals surface area contributed by atoms with E-state index in [-0.39, 0.29) is 30.2 Å². The number of cyclic esters (lactones) is 1. The maximum Gasteiger partial charge on any atom is 0.416 e. The first-order chi connectivity index (χ1) is 15.6. The summed E-state index contributed by atoms with van der Waals surface area (Å²) in [4.78, 5) is 38.6. The van der Waals surface area contributed by atoms with Gasteiger partial charge in [0.2, 0.25) is 5.43 Å². The number of hydrogen-bond acceptors (Lipinski definition) is 5. The second-order valence-corrected chi connectivity index (χ2v) is 7.20. The van der Waals surface area contributed by atoms with Gasteiger partial charge in [-0.2, -0.15) is 18.3 Å². The maximum absolute atomic E-state index is 13.1. The Balaban J connectivity index is 1.70. The lowest BCUT2D eigenvalue weighted by Gasteiger charge is -2.18. The Morgan fingerprint density at radius 2 is 1.85 bits per heavy atom. The fourth-order valence-corrected chi connectivity index (χ4v) is 3.39. The molecular weight excluding hydrogens is 441 g/mol. The lowest BCUT2D eigenvalue weighted by molar-refractivity contribution is -0.137. The molecule has 1 N–H and O–H groups in total. The molecule has 170 valence electrons. The van der Waals surface area contributed by atoms with Crippen LogP contribution in [0.25, 0.3) is 5.69 Å². The Morgan fingerprint density at radius 3 is 2.55 bits per heavy atom. The van der Waals surface area contributed by atoms with Gasteiger partial charge in [0.25, 0.3) is 5.91 Å². The molecule has 0 spiro atoms. The minimum absolute atomic E-state index is 0.0385. The number of rotatable bonds is 4. The number of nitrogens with one attached hydrogen (secondary N) is 1. The minimum atomic E-state index is -4.57. The number of aryl methyl sites for hydroxylation is 1. The predicted octanol–water partition coefficient (Wildman–Crippen LogP) is 3.77. The van der Waals surface area contributed by atoms with Gasteiger partial charge < -0.3 is 10.1 Å². The number of carbonyl (C=O) groups excluding carboxylic acids is 2. The summed E-state index contributed by atoms with van der Waals surface area (Å²) in [6.45, 7) is 1.98. The van der Waals surface area contributed by atoms with Crippen LogP contribution in [0.2, 0.25) is 0 Å². The smallest absolute Gasteiger partial charge is 0.416 e. The largest absolute Gasteiger partial charge is 0.447 e. The summed E-state index contributed by atoms with van der Waals surface area (Å²) in [7, 11) is 0. The molecule has 2 aromatic carbocycles. The molecule has 0 atom stereocenters. The van der Waals surface area contributed by atoms with Gasteiger partial charge in [0.15, 0.2) is 5.69 Å². The molecule has 33 heavy (non-hydrogen) atoms. The van der Waals surface area contributed by atoms with Crippen LogP contribution in [0, 0.1) is 6.92 Å². The number of benzene rings is 2. The number of alkyl halides is 3. The van der Waals surface area contributed by atoms with Crippen molar-refractivity contribution < 1.29 is 27.5 Å². The van der Waals surface area contributed by atoms with Gasteiger partial charge in [-0.3, -0.25) is 14.5 Å². The maximum atomic E-state index is 13.1. The summed E-state index contributed by atoms with van der Waals surface area (Å²) < 4.78 is 45.3. The number of amides is 2. The zero-order chi connectivity index (χ0) is 23.8. The van der Waals surface area contributed by atoms with Crippen LogP contribution in [0.3, 0.4) is 0 Å². The van der Waals surface area contributed by atoms with Crippen molar-refractivity contribution in [3.05, 3.63) is 81.8 Å². The Kier molecular flexibility index (Phi) is 5.62. The number of para-hydroxylation sites is 2. The normalized spacial score (nSPS) is 13.7. The van der Waals surface area contributed by atoms with Crippen molar-refractivity contribution in [1.29, 1.82) is 0 Å². The molecule has 8 nitrogen and oxygen atoms in total. The second kappa shape index (κ2) is 8.41. The van der Waals surface area contributed by atoms with Gasteiger partial charge in [0.1, 0.15) is 6.61 Å². The number of anilines is 2. The van der Waals surface area contributed by atoms with Crippen LogP contribution in [-0.2, 0) is 10.9 Å². The van der Waals surface area contributed by atoms with Gasteiger partial charge in [0, 0.05) is 11.8 Å². The summed E-state index contributed by atoms with van der Waals surface area (Å²) in [5.41, 5.74) is -1.21. The third kappa shape index (κ3) is 4.43. The molecule has 0 bridgehead atoms. The van der Waals surface area contributed by atoms with E-state index in [0.717, 1.165) is 22.9 Å². The van der Waals surface area contributed by atoms with Crippen LogP contribution >= 0.6 is 0 Å². The van der Waals surface area contributed by atoms with Crippen molar-refractivity contribution in [2.45, 2.75) is 13.1 Å². The third-order valence-electron chi connectivity index (χ3n) is 4.94. The molecule has 2 heterocycles. The average Bonchev–Trinajstić information content (AvgIpc) is 3.19. The lowest BCUT2D eigenvalue weighted by Crippen LogP contribution is -2.29. The highest BCUT2D eigenvalue weighted by Crippen LogP contribution is 2.31. The first-order valence-corrected chi connectivity index (χ1v) is 9.78. The third-order valence-corrected chi connectivity index (χ3v) is 4.94. The van der Waals surface area contributed by atoms with Gasteiger partial charge in [-0.25, -0.2) is 9.48 Å². The summed E-state index contributed by atoms with van der Waals surface area (Å²) in [5, 5.41) is 6.58. The molecule has 0 radical (unpaired) electrons. The van der Waals surface area contributed by atoms with Crippen molar-refractivity contribution in [3.63, 3.8) is 0 Å². The Morgan fingerprint density at radius 1 is 1.09 bits per heavy atom. The van der Waals surface area contributed by atoms with E-state index in [4.69, 9.17) is 4.74 Å². The average molecular weight is 458 g/mol. The van der Waals surface area contributed by atoms with Gasteiger partial charge in [-0.1, -0.05) is 18.2 Å². The van der Waals surface area contributed by atoms with Gasteiger partial charge in [0.05, 0.1) is 29.2 Å². The van der Waals surface area contributed by atoms with Crippen LogP contribution in [0.1, 0.15) is 21.7 Å². The van der Waals surface area contributed by atoms with Crippen LogP contribution in [0.15, 0.2) is 59.4 Å². The highest BCUT2D eigenvalue weighted by molar-refractivity contribution is 6.06. The van der Waals surface area contributed by atoms with E-state index in [1.54, 1.807) is 24.3 Å². The number of nitrogens with zero attached hydrogens (tertiary/aromatic N) is 3. The Bertz CT molecular complexity index is 1300. The number of aromatic nitrogens is 2. The summed E-state index contributed by atoms with van der Waals surface area (Å²) in [6.07, 6.45) is -5.14. The van der Waals surface area contributed by atoms with E-state index in [9.17, 15) is 27.6 Å². The quantitative estimate of drug-likeness (QED) is 0.643. The second-order valence-electron chi connectivity index (χ2n) is 7.20. The molecule has 1 fully saturated rings. The first-order valence-electron chi connectivity index (χ1n) is 9.78. The minimum Gasteiger partial charge on any atom is -0.447 e. The predicted molar refractivity (Wildman–Crippen MR) is 113 cm³/mol. The molecule has 1 aliphatic heterocycles. The number of carbonyl (C=O) groups is 2. The molecule has 0 aliphatic carbocycles. The zero-order valence-corrected chi connectivity index (χ0v) is 17.2. The van der Waals surface area contributed by atoms with E-state index in [2.05, 4.69) is 10.4 Å². The van der Waals surface area contributed by atoms with Crippen LogP contribution in [0.4, 0.5) is 29.3 Å². The SMILES string of the molecule is Cc1cc(=O)c(C(=O)Nc2ccccc2N2CCOC2=O)nn1-c1cccc(C(F)(F)F)c1. The molecule has 1 aromatic heterocycles. The Labute approximate surface area is 185 Å². The summed E-state index contributed by atoms with van der Waals surface area (Å²) >= 11 is 0. The molecule has 11 heteroatoms. The van der Waals surface area contributed by atoms with E-state index >= 15 is 0 Å². The monoisotopic (exact) mass is 458 g/mol. The van der Waals surface area contributed by atoms with Crippen molar-refractivity contribution in [2.75, 3.05) is 23.4 Å². The highest BCUT2D eigenvalue weighted by Gasteiger charge is 2.31. The van der Waals surface area contributed by atoms with Crippen LogP contribution in [-0.4, -0.2) is 34.9 Å². The van der Waals surface area contributed by atoms with E-state index in [0.29, 0.717) is 5.69 Å². The topological polar surface area (TPSA) is 93.5 Å². The molecule has 0 unspecified atom stereocenters. The first kappa shape index (κ1) is 22.1. The molecule has 1 aliphatic rings. The Hall–Kier alpha value is -4.15. The number of halogens is 3. The van der Waals surface area contributed by atoms with E-state index < -0.39 is 34.9 Å². The fraction of sp³-hybridized carbons (Fsp3) is 0.182. The van der Waals surface area contributed by atoms with E-state index in [1.807, 2.05) is 0 Å². The zero-order valence-electron chi connectivity index (χ0n) is 17.2. The summed E-state index contributed by atoms with van der Waals surface area (Å²) in [5.74, 6) is -0.874. The van der Waals surface area contributed by atoms with Gasteiger partial charge in [-0.05, 0) is 37.3 Å². The van der Waals surface area contributed by atoms with E-state index in [1.165, 1.54) is 24.0 Å². The number of ether oxygens (including phenoxy) is 1. The molecular formula is C22H17F3N4O4. The molecule has 1 saturated heterocycles. The lowest BCUT2D eigenvalue weighted by atomic mass is 10.2. The van der Waals surface area contributed by atoms with Crippen LogP contribution < -0.4 is 15.6 Å². The van der Waals surface area contributed by atoms with Crippen molar-refractivity contribution in [1.82, 2.24) is 9.78 Å². The molecule has 2 amide bonds. The highest BCUT2D eigenvalue weighted by atomic mass is 19.4. The standard InChI is InChI=1S/C22H17F3N4O4/c1-13-11-18(30)19(27-29(13)15-6-4-5-14(12-15)22(23,24)25)20(31)26-16-7-2-3-8-17(16)28-9-10-33-21(28)32/h2-8,11-12H,9-10H2,1H3,(H,26,31). The number of hydrogen-bond donors (Lipinski definition) is 1. The van der Waals surface area contributed by atoms with Gasteiger partial charge in [-0.15, -0.1) is 0 Å². The molecule has 4 rings (SSSR count). The molecule has 3 aromatic rings. The van der Waals surface area contributed by atoms with Crippen molar-refractivity contribution in [2.24, 2.45) is 0 Å². The van der Waals surface area contributed by atoms with Crippen molar-refractivity contribution in [3.8, 4) is 5.69 Å². The molecule has 0 saturated carbocycles. The van der Waals surface area contributed by atoms with Crippen LogP contribution in [0.5, 0.6) is 0 Å². The fourth-order valence-electron chi connectivity index (χ4n) is 3.39. The van der Waals surface area contributed by atoms with Gasteiger partial charge >= 0.3 is 12.3 Å². The summed E-state index contributed by atoms with van der Waals surface area (Å²) in [6, 6.07) is 11.9. The van der Waals surface area contributed by atoms with Crippen molar-refractivity contribution >= 4 is 23.4 Å².